The van der Waals surface area contributed by atoms with Gasteiger partial charge in [-0.3, -0.25) is 9.69 Å². The number of amides is 3. The zero-order valence-corrected chi connectivity index (χ0v) is 18.5. The van der Waals surface area contributed by atoms with Crippen molar-refractivity contribution in [2.24, 2.45) is 0 Å². The highest BCUT2D eigenvalue weighted by molar-refractivity contribution is 6.32. The molecular weight excluding hydrogens is 416 g/mol. The number of hydrogen-bond donors (Lipinski definition) is 1. The second kappa shape index (κ2) is 7.54. The molecule has 0 saturated carbocycles. The zero-order valence-electron chi connectivity index (χ0n) is 17.8. The van der Waals surface area contributed by atoms with Crippen LogP contribution in [-0.4, -0.2) is 16.8 Å². The lowest BCUT2D eigenvalue weighted by atomic mass is 9.91. The molecule has 1 atom stereocenters. The van der Waals surface area contributed by atoms with Crippen molar-refractivity contribution in [2.45, 2.75) is 45.7 Å². The summed E-state index contributed by atoms with van der Waals surface area (Å²) in [6, 6.07) is 11.5. The van der Waals surface area contributed by atoms with Crippen molar-refractivity contribution >= 4 is 34.5 Å². The van der Waals surface area contributed by atoms with Gasteiger partial charge in [-0.05, 0) is 54.7 Å². The highest BCUT2D eigenvalue weighted by Gasteiger charge is 2.49. The normalized spacial score (nSPS) is 18.8. The Labute approximate surface area is 184 Å². The van der Waals surface area contributed by atoms with Gasteiger partial charge in [0, 0.05) is 22.0 Å². The molecule has 1 N–H and O–H groups in total. The Morgan fingerprint density at radius 3 is 2.52 bits per heavy atom. The topological polar surface area (TPSA) is 79.6 Å². The number of fused-ring (bicyclic) bond motifs is 1. The van der Waals surface area contributed by atoms with Crippen LogP contribution in [0.1, 0.15) is 48.9 Å². The molecule has 1 fully saturated rings. The first-order chi connectivity index (χ1) is 14.6. The molecule has 0 unspecified atom stereocenters. The van der Waals surface area contributed by atoms with Crippen molar-refractivity contribution in [3.63, 3.8) is 0 Å². The van der Waals surface area contributed by atoms with Crippen LogP contribution in [0, 0.1) is 6.92 Å². The van der Waals surface area contributed by atoms with E-state index in [9.17, 15) is 14.4 Å². The van der Waals surface area contributed by atoms with Crippen LogP contribution in [0.15, 0.2) is 51.7 Å². The first kappa shape index (κ1) is 21.1. The molecule has 6 nitrogen and oxygen atoms in total. The minimum Gasteiger partial charge on any atom is -0.423 e. The highest BCUT2D eigenvalue weighted by Crippen LogP contribution is 2.35. The molecule has 3 aromatic rings. The molecule has 4 rings (SSSR count). The van der Waals surface area contributed by atoms with Crippen molar-refractivity contribution in [3.05, 3.63) is 80.2 Å². The fourth-order valence-electron chi connectivity index (χ4n) is 4.20. The van der Waals surface area contributed by atoms with Gasteiger partial charge in [-0.2, -0.15) is 0 Å². The number of hydrogen-bond acceptors (Lipinski definition) is 4. The lowest BCUT2D eigenvalue weighted by Gasteiger charge is -2.23. The summed E-state index contributed by atoms with van der Waals surface area (Å²) >= 11 is 6.30. The number of carbonyl (C=O) groups excluding carboxylic acids is 2. The zero-order chi connectivity index (χ0) is 22.5. The fourth-order valence-corrected chi connectivity index (χ4v) is 4.53. The Morgan fingerprint density at radius 2 is 1.84 bits per heavy atom. The van der Waals surface area contributed by atoms with Gasteiger partial charge < -0.3 is 9.73 Å². The molecule has 2 heterocycles. The quantitative estimate of drug-likeness (QED) is 0.466. The minimum atomic E-state index is -1.29. The van der Waals surface area contributed by atoms with Gasteiger partial charge in [-0.15, -0.1) is 0 Å². The minimum absolute atomic E-state index is 0.0482. The molecule has 1 aliphatic rings. The number of aryl methyl sites for hydroxylation is 1. The number of halogens is 1. The lowest BCUT2D eigenvalue weighted by Crippen LogP contribution is -2.41. The number of nitrogens with one attached hydrogen (secondary N) is 1. The van der Waals surface area contributed by atoms with E-state index in [1.165, 1.54) is 6.07 Å². The Hall–Kier alpha value is -3.12. The Balaban J connectivity index is 1.78. The van der Waals surface area contributed by atoms with Crippen LogP contribution in [0.4, 0.5) is 4.79 Å². The standard InChI is InChI=1S/C24H23ClN2O4/c1-13(2)16-11-17-15(10-21(28)31-20(17)9-14(16)3)12-27-22(29)24(4,26-23(27)30)18-7-5-6-8-19(18)25/h5-11,13H,12H2,1-4H3,(H,26,30)/t24-/m1/s1. The number of rotatable bonds is 4. The van der Waals surface area contributed by atoms with Gasteiger partial charge in [0.05, 0.1) is 6.54 Å². The van der Waals surface area contributed by atoms with Crippen molar-refractivity contribution in [2.75, 3.05) is 0 Å². The Morgan fingerprint density at radius 1 is 1.13 bits per heavy atom. The van der Waals surface area contributed by atoms with E-state index in [1.807, 2.05) is 19.1 Å². The van der Waals surface area contributed by atoms with Crippen LogP contribution >= 0.6 is 11.6 Å². The Kier molecular flexibility index (Phi) is 5.13. The second-order valence-corrected chi connectivity index (χ2v) is 8.78. The summed E-state index contributed by atoms with van der Waals surface area (Å²) in [5.74, 6) is -0.160. The average Bonchev–Trinajstić information content (AvgIpc) is 2.91. The van der Waals surface area contributed by atoms with Crippen LogP contribution in [0.3, 0.4) is 0 Å². The summed E-state index contributed by atoms with van der Waals surface area (Å²) in [4.78, 5) is 39.4. The summed E-state index contributed by atoms with van der Waals surface area (Å²) in [6.45, 7) is 7.71. The molecule has 160 valence electrons. The van der Waals surface area contributed by atoms with Crippen LogP contribution in [0.2, 0.25) is 5.02 Å². The summed E-state index contributed by atoms with van der Waals surface area (Å²) in [5, 5.41) is 3.86. The molecule has 3 amide bonds. The molecule has 0 aliphatic carbocycles. The first-order valence-electron chi connectivity index (χ1n) is 10.1. The third-order valence-corrected chi connectivity index (χ3v) is 6.18. The summed E-state index contributed by atoms with van der Waals surface area (Å²) in [5.41, 5.74) is 1.83. The molecule has 31 heavy (non-hydrogen) atoms. The van der Waals surface area contributed by atoms with E-state index >= 15 is 0 Å². The molecular formula is C24H23ClN2O4. The Bertz CT molecular complexity index is 1280. The predicted molar refractivity (Wildman–Crippen MR) is 119 cm³/mol. The van der Waals surface area contributed by atoms with E-state index in [0.29, 0.717) is 27.1 Å². The van der Waals surface area contributed by atoms with Crippen LogP contribution < -0.4 is 10.9 Å². The number of benzene rings is 2. The summed E-state index contributed by atoms with van der Waals surface area (Å²) in [6.07, 6.45) is 0. The van der Waals surface area contributed by atoms with Crippen molar-refractivity contribution in [3.8, 4) is 0 Å². The van der Waals surface area contributed by atoms with Gasteiger partial charge in [0.15, 0.2) is 0 Å². The third-order valence-electron chi connectivity index (χ3n) is 5.85. The van der Waals surface area contributed by atoms with E-state index in [2.05, 4.69) is 19.2 Å². The van der Waals surface area contributed by atoms with Crippen LogP contribution in [0.5, 0.6) is 0 Å². The second-order valence-electron chi connectivity index (χ2n) is 8.38. The van der Waals surface area contributed by atoms with Gasteiger partial charge in [0.25, 0.3) is 5.91 Å². The van der Waals surface area contributed by atoms with E-state index in [0.717, 1.165) is 16.0 Å². The molecule has 2 aromatic carbocycles. The van der Waals surface area contributed by atoms with Crippen LogP contribution in [-0.2, 0) is 16.9 Å². The molecule has 0 spiro atoms. The molecule has 0 radical (unpaired) electrons. The van der Waals surface area contributed by atoms with Gasteiger partial charge in [-0.25, -0.2) is 9.59 Å². The number of carbonyl (C=O) groups is 2. The molecule has 7 heteroatoms. The first-order valence-corrected chi connectivity index (χ1v) is 10.5. The average molecular weight is 439 g/mol. The predicted octanol–water partition coefficient (Wildman–Crippen LogP) is 4.85. The number of imide groups is 1. The van der Waals surface area contributed by atoms with Gasteiger partial charge in [0.1, 0.15) is 11.1 Å². The molecule has 1 aliphatic heterocycles. The highest BCUT2D eigenvalue weighted by atomic mass is 35.5. The van der Waals surface area contributed by atoms with E-state index < -0.39 is 23.1 Å². The monoisotopic (exact) mass is 438 g/mol. The third kappa shape index (κ3) is 3.51. The van der Waals surface area contributed by atoms with Gasteiger partial charge >= 0.3 is 11.7 Å². The smallest absolute Gasteiger partial charge is 0.336 e. The maximum absolute atomic E-state index is 13.3. The van der Waals surface area contributed by atoms with Gasteiger partial charge in [-0.1, -0.05) is 43.6 Å². The van der Waals surface area contributed by atoms with E-state index in [1.54, 1.807) is 31.2 Å². The molecule has 0 bridgehead atoms. The SMILES string of the molecule is Cc1cc2oc(=O)cc(CN3C(=O)N[C@](C)(c4ccccc4Cl)C3=O)c2cc1C(C)C. The lowest BCUT2D eigenvalue weighted by molar-refractivity contribution is -0.131. The van der Waals surface area contributed by atoms with E-state index in [4.69, 9.17) is 16.0 Å². The fraction of sp³-hybridized carbons (Fsp3) is 0.292. The largest absolute Gasteiger partial charge is 0.423 e. The van der Waals surface area contributed by atoms with Crippen molar-refractivity contribution in [1.82, 2.24) is 10.2 Å². The maximum Gasteiger partial charge on any atom is 0.336 e. The van der Waals surface area contributed by atoms with Gasteiger partial charge in [0.2, 0.25) is 0 Å². The maximum atomic E-state index is 13.3. The summed E-state index contributed by atoms with van der Waals surface area (Å²) in [7, 11) is 0. The number of urea groups is 1. The molecule has 1 saturated heterocycles. The summed E-state index contributed by atoms with van der Waals surface area (Å²) < 4.78 is 5.39. The molecule has 1 aromatic heterocycles. The van der Waals surface area contributed by atoms with E-state index in [-0.39, 0.29) is 12.5 Å². The number of nitrogens with zero attached hydrogens (tertiary/aromatic N) is 1. The van der Waals surface area contributed by atoms with Crippen molar-refractivity contribution in [1.29, 1.82) is 0 Å². The van der Waals surface area contributed by atoms with Crippen LogP contribution in [0.25, 0.3) is 11.0 Å². The van der Waals surface area contributed by atoms with Crippen molar-refractivity contribution < 1.29 is 14.0 Å².